The molecule has 29 heavy (non-hydrogen) atoms. The van der Waals surface area contributed by atoms with Crippen molar-refractivity contribution in [2.75, 3.05) is 26.7 Å². The molecular formula is C22H31N3O4. The van der Waals surface area contributed by atoms with Gasteiger partial charge in [-0.2, -0.15) is 0 Å². The van der Waals surface area contributed by atoms with E-state index in [9.17, 15) is 9.59 Å². The lowest BCUT2D eigenvalue weighted by atomic mass is 10.1. The van der Waals surface area contributed by atoms with Crippen molar-refractivity contribution in [2.24, 2.45) is 0 Å². The van der Waals surface area contributed by atoms with E-state index in [2.05, 4.69) is 27.0 Å². The molecule has 0 aliphatic carbocycles. The van der Waals surface area contributed by atoms with Crippen molar-refractivity contribution in [1.29, 1.82) is 0 Å². The van der Waals surface area contributed by atoms with E-state index in [0.29, 0.717) is 17.8 Å². The Morgan fingerprint density at radius 2 is 1.97 bits per heavy atom. The topological polar surface area (TPSA) is 80.8 Å². The van der Waals surface area contributed by atoms with Crippen LogP contribution < -0.4 is 5.32 Å². The summed E-state index contributed by atoms with van der Waals surface area (Å²) in [6.45, 7) is 10.1. The number of esters is 1. The third-order valence-corrected chi connectivity index (χ3v) is 4.55. The number of ether oxygens (including phenoxy) is 2. The fourth-order valence-corrected chi connectivity index (χ4v) is 3.04. The SMILES string of the molecule is COC(=O)c1nc(C#CCCN2CCC(NC(=O)OC(C)(C)C)CC2)ccc1C. The lowest BCUT2D eigenvalue weighted by Crippen LogP contribution is -2.46. The van der Waals surface area contributed by atoms with E-state index in [0.717, 1.165) is 38.0 Å². The van der Waals surface area contributed by atoms with Gasteiger partial charge in [0.15, 0.2) is 5.69 Å². The molecule has 158 valence electrons. The molecule has 0 aromatic carbocycles. The summed E-state index contributed by atoms with van der Waals surface area (Å²) in [5, 5.41) is 2.95. The van der Waals surface area contributed by atoms with Crippen molar-refractivity contribution in [3.63, 3.8) is 0 Å². The van der Waals surface area contributed by atoms with Gasteiger partial charge in [0.2, 0.25) is 0 Å². The Hall–Kier alpha value is -2.59. The number of alkyl carbamates (subject to hydrolysis) is 1. The minimum Gasteiger partial charge on any atom is -0.464 e. The van der Waals surface area contributed by atoms with E-state index >= 15 is 0 Å². The molecule has 7 heteroatoms. The molecule has 1 aliphatic rings. The minimum absolute atomic E-state index is 0.153. The van der Waals surface area contributed by atoms with Gasteiger partial charge in [-0.15, -0.1) is 0 Å². The van der Waals surface area contributed by atoms with Crippen LogP contribution in [0.15, 0.2) is 12.1 Å². The number of hydrogen-bond donors (Lipinski definition) is 1. The van der Waals surface area contributed by atoms with Crippen LogP contribution in [0.1, 0.15) is 61.8 Å². The molecule has 0 bridgehead atoms. The number of carbonyl (C=O) groups excluding carboxylic acids is 2. The molecule has 1 saturated heterocycles. The second-order valence-electron chi connectivity index (χ2n) is 8.17. The molecule has 0 atom stereocenters. The van der Waals surface area contributed by atoms with Gasteiger partial charge in [0, 0.05) is 32.1 Å². The number of hydrogen-bond acceptors (Lipinski definition) is 6. The molecule has 2 heterocycles. The van der Waals surface area contributed by atoms with E-state index in [1.807, 2.05) is 39.8 Å². The molecule has 1 aromatic rings. The summed E-state index contributed by atoms with van der Waals surface area (Å²) >= 11 is 0. The molecule has 1 N–H and O–H groups in total. The summed E-state index contributed by atoms with van der Waals surface area (Å²) in [5.74, 6) is 5.69. The molecule has 1 fully saturated rings. The summed E-state index contributed by atoms with van der Waals surface area (Å²) in [4.78, 5) is 30.2. The monoisotopic (exact) mass is 401 g/mol. The maximum absolute atomic E-state index is 11.9. The highest BCUT2D eigenvalue weighted by atomic mass is 16.6. The van der Waals surface area contributed by atoms with Crippen molar-refractivity contribution in [3.05, 3.63) is 29.1 Å². The van der Waals surface area contributed by atoms with E-state index in [-0.39, 0.29) is 12.1 Å². The summed E-state index contributed by atoms with van der Waals surface area (Å²) in [7, 11) is 1.34. The lowest BCUT2D eigenvalue weighted by Gasteiger charge is -2.32. The molecule has 0 spiro atoms. The van der Waals surface area contributed by atoms with Crippen molar-refractivity contribution in [2.45, 2.75) is 58.6 Å². The second kappa shape index (κ2) is 10.3. The number of rotatable bonds is 4. The van der Waals surface area contributed by atoms with Crippen molar-refractivity contribution in [3.8, 4) is 11.8 Å². The standard InChI is InChI=1S/C22H31N3O4/c1-16-9-10-17(23-19(16)20(26)28-5)8-6-7-13-25-14-11-18(12-15-25)24-21(27)29-22(2,3)4/h9-10,18H,7,11-15H2,1-5H3,(H,24,27). The summed E-state index contributed by atoms with van der Waals surface area (Å²) in [5.41, 5.74) is 1.16. The lowest BCUT2D eigenvalue weighted by molar-refractivity contribution is 0.0478. The fraction of sp³-hybridized carbons (Fsp3) is 0.591. The van der Waals surface area contributed by atoms with Gasteiger partial charge in [-0.05, 0) is 58.1 Å². The number of nitrogens with one attached hydrogen (secondary N) is 1. The van der Waals surface area contributed by atoms with Gasteiger partial charge in [0.05, 0.1) is 7.11 Å². The smallest absolute Gasteiger partial charge is 0.407 e. The zero-order chi connectivity index (χ0) is 21.4. The maximum Gasteiger partial charge on any atom is 0.407 e. The van der Waals surface area contributed by atoms with E-state index < -0.39 is 11.6 Å². The van der Waals surface area contributed by atoms with Crippen LogP contribution in [0.3, 0.4) is 0 Å². The number of likely N-dealkylation sites (tertiary alicyclic amines) is 1. The van der Waals surface area contributed by atoms with Gasteiger partial charge in [0.1, 0.15) is 11.3 Å². The Balaban J connectivity index is 1.75. The van der Waals surface area contributed by atoms with Crippen LogP contribution in [-0.4, -0.2) is 60.3 Å². The quantitative estimate of drug-likeness (QED) is 0.617. The van der Waals surface area contributed by atoms with Crippen LogP contribution in [0, 0.1) is 18.8 Å². The number of amides is 1. The molecule has 0 radical (unpaired) electrons. The number of methoxy groups -OCH3 is 1. The molecule has 1 aliphatic heterocycles. The second-order valence-corrected chi connectivity index (χ2v) is 8.17. The Morgan fingerprint density at radius 1 is 1.28 bits per heavy atom. The highest BCUT2D eigenvalue weighted by Gasteiger charge is 2.23. The minimum atomic E-state index is -0.479. The Kier molecular flexibility index (Phi) is 8.03. The zero-order valence-electron chi connectivity index (χ0n) is 18.0. The highest BCUT2D eigenvalue weighted by molar-refractivity contribution is 5.88. The molecule has 0 saturated carbocycles. The summed E-state index contributed by atoms with van der Waals surface area (Å²) in [6, 6.07) is 3.79. The van der Waals surface area contributed by atoms with E-state index in [1.54, 1.807) is 0 Å². The first-order valence-corrected chi connectivity index (χ1v) is 9.94. The first kappa shape index (κ1) is 22.7. The van der Waals surface area contributed by atoms with Crippen LogP contribution in [0.4, 0.5) is 4.79 Å². The third-order valence-electron chi connectivity index (χ3n) is 4.55. The predicted molar refractivity (Wildman–Crippen MR) is 111 cm³/mol. The average Bonchev–Trinajstić information content (AvgIpc) is 2.65. The molecule has 7 nitrogen and oxygen atoms in total. The van der Waals surface area contributed by atoms with Crippen LogP contribution in [0.2, 0.25) is 0 Å². The van der Waals surface area contributed by atoms with Gasteiger partial charge in [-0.25, -0.2) is 14.6 Å². The molecule has 1 aromatic heterocycles. The average molecular weight is 402 g/mol. The number of nitrogens with zero attached hydrogens (tertiary/aromatic N) is 2. The maximum atomic E-state index is 11.9. The Bertz CT molecular complexity index is 781. The van der Waals surface area contributed by atoms with Crippen molar-refractivity contribution < 1.29 is 19.1 Å². The van der Waals surface area contributed by atoms with Crippen LogP contribution in [0.5, 0.6) is 0 Å². The molecular weight excluding hydrogens is 370 g/mol. The van der Waals surface area contributed by atoms with Gasteiger partial charge in [-0.1, -0.05) is 12.0 Å². The van der Waals surface area contributed by atoms with E-state index in [4.69, 9.17) is 9.47 Å². The fourth-order valence-electron chi connectivity index (χ4n) is 3.04. The number of aryl methyl sites for hydroxylation is 1. The van der Waals surface area contributed by atoms with Gasteiger partial charge in [0.25, 0.3) is 0 Å². The Labute approximate surface area is 173 Å². The number of carbonyl (C=O) groups is 2. The van der Waals surface area contributed by atoms with Crippen LogP contribution >= 0.6 is 0 Å². The number of piperidine rings is 1. The normalized spacial score (nSPS) is 15.2. The number of pyridine rings is 1. The van der Waals surface area contributed by atoms with Gasteiger partial charge < -0.3 is 19.7 Å². The summed E-state index contributed by atoms with van der Waals surface area (Å²) in [6.07, 6.45) is 2.16. The zero-order valence-corrected chi connectivity index (χ0v) is 18.0. The van der Waals surface area contributed by atoms with Crippen LogP contribution in [0.25, 0.3) is 0 Å². The van der Waals surface area contributed by atoms with Crippen molar-refractivity contribution in [1.82, 2.24) is 15.2 Å². The first-order valence-electron chi connectivity index (χ1n) is 9.94. The first-order chi connectivity index (χ1) is 13.7. The molecule has 0 unspecified atom stereocenters. The van der Waals surface area contributed by atoms with Crippen molar-refractivity contribution >= 4 is 12.1 Å². The predicted octanol–water partition coefficient (Wildman–Crippen LogP) is 2.91. The largest absolute Gasteiger partial charge is 0.464 e. The van der Waals surface area contributed by atoms with Crippen LogP contribution in [-0.2, 0) is 9.47 Å². The van der Waals surface area contributed by atoms with Gasteiger partial charge >= 0.3 is 12.1 Å². The van der Waals surface area contributed by atoms with Gasteiger partial charge in [-0.3, -0.25) is 0 Å². The number of aromatic nitrogens is 1. The Morgan fingerprint density at radius 3 is 2.59 bits per heavy atom. The molecule has 2 rings (SSSR count). The summed E-state index contributed by atoms with van der Waals surface area (Å²) < 4.78 is 10.1. The van der Waals surface area contributed by atoms with E-state index in [1.165, 1.54) is 7.11 Å². The molecule has 1 amide bonds. The highest BCUT2D eigenvalue weighted by Crippen LogP contribution is 2.13. The third kappa shape index (κ3) is 7.74.